The van der Waals surface area contributed by atoms with Crippen molar-refractivity contribution in [2.75, 3.05) is 6.54 Å². The third-order valence-electron chi connectivity index (χ3n) is 3.48. The minimum Gasteiger partial charge on any atom is -0.480 e. The number of amides is 1. The number of carbonyl (C=O) groups is 2. The Hall–Kier alpha value is -1.26. The lowest BCUT2D eigenvalue weighted by Crippen LogP contribution is -2.48. The largest absolute Gasteiger partial charge is 0.480 e. The number of carbonyl (C=O) groups excluding carboxylic acids is 1. The van der Waals surface area contributed by atoms with Gasteiger partial charge in [0.05, 0.1) is 16.5 Å². The molecule has 1 aliphatic rings. The minimum absolute atomic E-state index is 0.0726. The number of nitrogens with zero attached hydrogens (tertiary/aromatic N) is 1. The van der Waals surface area contributed by atoms with Crippen molar-refractivity contribution in [2.24, 2.45) is 0 Å². The molecule has 1 saturated heterocycles. The summed E-state index contributed by atoms with van der Waals surface area (Å²) in [4.78, 5) is 24.9. The summed E-state index contributed by atoms with van der Waals surface area (Å²) >= 11 is 12.0. The summed E-state index contributed by atoms with van der Waals surface area (Å²) in [6, 6.07) is 4.38. The van der Waals surface area contributed by atoms with Gasteiger partial charge in [0, 0.05) is 6.54 Å². The van der Waals surface area contributed by atoms with Crippen molar-refractivity contribution in [1.29, 1.82) is 0 Å². The summed E-state index contributed by atoms with van der Waals surface area (Å²) in [5.74, 6) is -1.17. The van der Waals surface area contributed by atoms with Gasteiger partial charge in [0.15, 0.2) is 0 Å². The molecule has 0 bridgehead atoms. The third-order valence-corrected chi connectivity index (χ3v) is 4.34. The lowest BCUT2D eigenvalue weighted by atomic mass is 10.0. The molecule has 0 aromatic heterocycles. The molecule has 0 aliphatic carbocycles. The first-order chi connectivity index (χ1) is 9.50. The fraction of sp³-hybridized carbons (Fsp3) is 0.429. The molecular formula is C14H15Cl2NO3. The zero-order valence-corrected chi connectivity index (χ0v) is 12.3. The highest BCUT2D eigenvalue weighted by Crippen LogP contribution is 2.27. The Bertz CT molecular complexity index is 533. The van der Waals surface area contributed by atoms with Crippen LogP contribution in [0.4, 0.5) is 0 Å². The molecule has 1 fully saturated rings. The Morgan fingerprint density at radius 1 is 1.30 bits per heavy atom. The molecule has 1 amide bonds. The predicted molar refractivity (Wildman–Crippen MR) is 77.2 cm³/mol. The van der Waals surface area contributed by atoms with Crippen molar-refractivity contribution < 1.29 is 14.7 Å². The van der Waals surface area contributed by atoms with E-state index in [0.29, 0.717) is 28.6 Å². The van der Waals surface area contributed by atoms with Crippen LogP contribution in [0.2, 0.25) is 10.0 Å². The van der Waals surface area contributed by atoms with Crippen molar-refractivity contribution in [1.82, 2.24) is 4.90 Å². The van der Waals surface area contributed by atoms with E-state index in [-0.39, 0.29) is 12.3 Å². The summed E-state index contributed by atoms with van der Waals surface area (Å²) in [5.41, 5.74) is 0.624. The molecule has 1 N–H and O–H groups in total. The van der Waals surface area contributed by atoms with E-state index in [1.54, 1.807) is 18.2 Å². The van der Waals surface area contributed by atoms with E-state index < -0.39 is 12.0 Å². The van der Waals surface area contributed by atoms with Gasteiger partial charge in [0.2, 0.25) is 5.91 Å². The van der Waals surface area contributed by atoms with Gasteiger partial charge in [-0.3, -0.25) is 4.79 Å². The topological polar surface area (TPSA) is 57.6 Å². The standard InChI is InChI=1S/C14H15Cl2NO3/c15-10-5-3-4-9(13(10)16)8-12(18)17-7-2-1-6-11(17)14(19)20/h3-5,11H,1-2,6-8H2,(H,19,20). The van der Waals surface area contributed by atoms with Crippen molar-refractivity contribution in [3.63, 3.8) is 0 Å². The van der Waals surface area contributed by atoms with Crippen LogP contribution in [-0.4, -0.2) is 34.5 Å². The van der Waals surface area contributed by atoms with E-state index in [1.165, 1.54) is 4.90 Å². The van der Waals surface area contributed by atoms with Gasteiger partial charge in [0.25, 0.3) is 0 Å². The van der Waals surface area contributed by atoms with Crippen molar-refractivity contribution >= 4 is 35.1 Å². The first kappa shape index (κ1) is 15.1. The van der Waals surface area contributed by atoms with Crippen LogP contribution < -0.4 is 0 Å². The van der Waals surface area contributed by atoms with Gasteiger partial charge in [-0.1, -0.05) is 35.3 Å². The fourth-order valence-electron chi connectivity index (χ4n) is 2.44. The molecule has 4 nitrogen and oxygen atoms in total. The summed E-state index contributed by atoms with van der Waals surface area (Å²) in [6.45, 7) is 0.480. The maximum absolute atomic E-state index is 12.3. The summed E-state index contributed by atoms with van der Waals surface area (Å²) in [7, 11) is 0. The van der Waals surface area contributed by atoms with E-state index in [9.17, 15) is 14.7 Å². The third kappa shape index (κ3) is 3.25. The molecule has 20 heavy (non-hydrogen) atoms. The van der Waals surface area contributed by atoms with Crippen LogP contribution >= 0.6 is 23.2 Å². The number of hydrogen-bond donors (Lipinski definition) is 1. The molecule has 108 valence electrons. The van der Waals surface area contributed by atoms with Gasteiger partial charge >= 0.3 is 5.97 Å². The van der Waals surface area contributed by atoms with E-state index in [2.05, 4.69) is 0 Å². The van der Waals surface area contributed by atoms with E-state index >= 15 is 0 Å². The normalized spacial score (nSPS) is 18.9. The highest BCUT2D eigenvalue weighted by atomic mass is 35.5. The molecule has 6 heteroatoms. The molecule has 1 aromatic rings. The summed E-state index contributed by atoms with van der Waals surface area (Å²) < 4.78 is 0. The van der Waals surface area contributed by atoms with Gasteiger partial charge in [0.1, 0.15) is 6.04 Å². The van der Waals surface area contributed by atoms with Crippen LogP contribution in [0.3, 0.4) is 0 Å². The zero-order chi connectivity index (χ0) is 14.7. The number of halogens is 2. The Morgan fingerprint density at radius 2 is 2.05 bits per heavy atom. The average Bonchev–Trinajstić information content (AvgIpc) is 2.43. The van der Waals surface area contributed by atoms with Crippen molar-refractivity contribution in [3.05, 3.63) is 33.8 Å². The van der Waals surface area contributed by atoms with Crippen molar-refractivity contribution in [3.8, 4) is 0 Å². The Morgan fingerprint density at radius 3 is 2.75 bits per heavy atom. The van der Waals surface area contributed by atoms with Crippen molar-refractivity contribution in [2.45, 2.75) is 31.7 Å². The maximum atomic E-state index is 12.3. The van der Waals surface area contributed by atoms with Gasteiger partial charge < -0.3 is 10.0 Å². The lowest BCUT2D eigenvalue weighted by molar-refractivity contribution is -0.151. The van der Waals surface area contributed by atoms with Crippen LogP contribution in [-0.2, 0) is 16.0 Å². The average molecular weight is 316 g/mol. The van der Waals surface area contributed by atoms with Crippen LogP contribution in [0.15, 0.2) is 18.2 Å². The Balaban J connectivity index is 2.14. The highest BCUT2D eigenvalue weighted by molar-refractivity contribution is 6.42. The molecule has 1 unspecified atom stereocenters. The molecule has 0 radical (unpaired) electrons. The number of benzene rings is 1. The number of aliphatic carboxylic acids is 1. The van der Waals surface area contributed by atoms with E-state index in [1.807, 2.05) is 0 Å². The maximum Gasteiger partial charge on any atom is 0.326 e. The Labute approximate surface area is 127 Å². The quantitative estimate of drug-likeness (QED) is 0.932. The second kappa shape index (κ2) is 6.46. The monoisotopic (exact) mass is 315 g/mol. The Kier molecular flexibility index (Phi) is 4.89. The van der Waals surface area contributed by atoms with Crippen LogP contribution in [0.5, 0.6) is 0 Å². The minimum atomic E-state index is -0.949. The number of carboxylic acid groups (broad SMARTS) is 1. The molecule has 1 aromatic carbocycles. The van der Waals surface area contributed by atoms with E-state index in [4.69, 9.17) is 23.2 Å². The van der Waals surface area contributed by atoms with Crippen LogP contribution in [0.1, 0.15) is 24.8 Å². The van der Waals surface area contributed by atoms with Gasteiger partial charge in [-0.15, -0.1) is 0 Å². The number of carboxylic acids is 1. The molecule has 0 saturated carbocycles. The fourth-order valence-corrected chi connectivity index (χ4v) is 2.82. The summed E-state index contributed by atoms with van der Waals surface area (Å²) in [5, 5.41) is 9.93. The summed E-state index contributed by atoms with van der Waals surface area (Å²) in [6.07, 6.45) is 2.24. The first-order valence-electron chi connectivity index (χ1n) is 6.46. The molecule has 1 atom stereocenters. The molecular weight excluding hydrogens is 301 g/mol. The highest BCUT2D eigenvalue weighted by Gasteiger charge is 2.31. The number of hydrogen-bond acceptors (Lipinski definition) is 2. The SMILES string of the molecule is O=C(O)C1CCCCN1C(=O)Cc1cccc(Cl)c1Cl. The van der Waals surface area contributed by atoms with Gasteiger partial charge in [-0.05, 0) is 30.9 Å². The first-order valence-corrected chi connectivity index (χ1v) is 7.21. The van der Waals surface area contributed by atoms with Crippen LogP contribution in [0.25, 0.3) is 0 Å². The van der Waals surface area contributed by atoms with Crippen LogP contribution in [0, 0.1) is 0 Å². The van der Waals surface area contributed by atoms with Gasteiger partial charge in [-0.25, -0.2) is 4.79 Å². The smallest absolute Gasteiger partial charge is 0.326 e. The van der Waals surface area contributed by atoms with Gasteiger partial charge in [-0.2, -0.15) is 0 Å². The molecule has 1 heterocycles. The predicted octanol–water partition coefficient (Wildman–Crippen LogP) is 3.00. The van der Waals surface area contributed by atoms with E-state index in [0.717, 1.165) is 12.8 Å². The molecule has 0 spiro atoms. The molecule has 1 aliphatic heterocycles. The lowest BCUT2D eigenvalue weighted by Gasteiger charge is -2.33. The number of piperidine rings is 1. The molecule has 2 rings (SSSR count). The second-order valence-electron chi connectivity index (χ2n) is 4.83. The second-order valence-corrected chi connectivity index (χ2v) is 5.61. The number of rotatable bonds is 3. The zero-order valence-electron chi connectivity index (χ0n) is 10.8. The number of likely N-dealkylation sites (tertiary alicyclic amines) is 1.